The fourth-order valence-corrected chi connectivity index (χ4v) is 1.89. The van der Waals surface area contributed by atoms with E-state index in [2.05, 4.69) is 20.8 Å². The highest BCUT2D eigenvalue weighted by Gasteiger charge is 2.37. The molecule has 1 saturated carbocycles. The van der Waals surface area contributed by atoms with Crippen LogP contribution in [0.15, 0.2) is 0 Å². The lowest BCUT2D eigenvalue weighted by Crippen LogP contribution is -2.20. The number of hydrogen-bond donors (Lipinski definition) is 0. The fraction of sp³-hybridized carbons (Fsp3) is 1.00. The molecule has 1 aliphatic carbocycles. The highest BCUT2D eigenvalue weighted by atomic mass is 35.5. The van der Waals surface area contributed by atoms with Crippen LogP contribution in [0.4, 0.5) is 0 Å². The van der Waals surface area contributed by atoms with Gasteiger partial charge in [-0.15, -0.1) is 11.6 Å². The molecular formula is C8H15Cl. The van der Waals surface area contributed by atoms with Gasteiger partial charge in [0.05, 0.1) is 0 Å². The third kappa shape index (κ3) is 1.24. The van der Waals surface area contributed by atoms with E-state index in [4.69, 9.17) is 11.6 Å². The van der Waals surface area contributed by atoms with E-state index in [-0.39, 0.29) is 0 Å². The summed E-state index contributed by atoms with van der Waals surface area (Å²) < 4.78 is 0. The van der Waals surface area contributed by atoms with Crippen molar-refractivity contribution in [3.63, 3.8) is 0 Å². The molecule has 2 atom stereocenters. The van der Waals surface area contributed by atoms with Gasteiger partial charge in [0.2, 0.25) is 0 Å². The Morgan fingerprint density at radius 1 is 1.44 bits per heavy atom. The Morgan fingerprint density at radius 3 is 2.11 bits per heavy atom. The van der Waals surface area contributed by atoms with Gasteiger partial charge >= 0.3 is 0 Å². The van der Waals surface area contributed by atoms with Gasteiger partial charge in [-0.05, 0) is 24.2 Å². The summed E-state index contributed by atoms with van der Waals surface area (Å²) in [4.78, 5) is 0. The van der Waals surface area contributed by atoms with E-state index in [1.807, 2.05) is 0 Å². The fourth-order valence-electron chi connectivity index (χ4n) is 1.65. The van der Waals surface area contributed by atoms with Crippen LogP contribution in [0.1, 0.15) is 33.6 Å². The van der Waals surface area contributed by atoms with Gasteiger partial charge in [-0.2, -0.15) is 0 Å². The quantitative estimate of drug-likeness (QED) is 0.461. The molecule has 0 radical (unpaired) electrons. The minimum absolute atomic E-state index is 0.390. The van der Waals surface area contributed by atoms with Crippen molar-refractivity contribution < 1.29 is 0 Å². The molecule has 1 heteroatoms. The average molecular weight is 147 g/mol. The van der Waals surface area contributed by atoms with Crippen LogP contribution in [0.5, 0.6) is 0 Å². The van der Waals surface area contributed by atoms with E-state index in [0.717, 1.165) is 5.92 Å². The van der Waals surface area contributed by atoms with E-state index >= 15 is 0 Å². The standard InChI is InChI=1S/C8H15Cl/c1-6-4-5-8(2,3)7(6)9/h6-7H,4-5H2,1-3H3/t6-,7+/m0/s1. The molecule has 0 aromatic carbocycles. The van der Waals surface area contributed by atoms with Gasteiger partial charge in [-0.25, -0.2) is 0 Å². The lowest BCUT2D eigenvalue weighted by molar-refractivity contribution is 0.374. The Hall–Kier alpha value is 0.290. The maximum Gasteiger partial charge on any atom is 0.0412 e. The van der Waals surface area contributed by atoms with E-state index in [1.165, 1.54) is 12.8 Å². The number of rotatable bonds is 0. The van der Waals surface area contributed by atoms with Crippen molar-refractivity contribution in [3.05, 3.63) is 0 Å². The zero-order valence-corrected chi connectivity index (χ0v) is 7.20. The third-order valence-electron chi connectivity index (χ3n) is 2.49. The minimum Gasteiger partial charge on any atom is -0.122 e. The lowest BCUT2D eigenvalue weighted by Gasteiger charge is -2.22. The molecule has 0 unspecified atom stereocenters. The molecule has 0 spiro atoms. The van der Waals surface area contributed by atoms with Crippen LogP contribution in [0.3, 0.4) is 0 Å². The summed E-state index contributed by atoms with van der Waals surface area (Å²) in [6, 6.07) is 0. The molecule has 0 saturated heterocycles. The zero-order valence-electron chi connectivity index (χ0n) is 6.45. The number of halogens is 1. The summed E-state index contributed by atoms with van der Waals surface area (Å²) in [5, 5.41) is 0.400. The van der Waals surface area contributed by atoms with Crippen molar-refractivity contribution >= 4 is 11.6 Å². The molecule has 0 nitrogen and oxygen atoms in total. The van der Waals surface area contributed by atoms with Crippen LogP contribution >= 0.6 is 11.6 Å². The molecule has 0 aliphatic heterocycles. The Balaban J connectivity index is 2.62. The van der Waals surface area contributed by atoms with Gasteiger partial charge in [0.15, 0.2) is 0 Å². The number of alkyl halides is 1. The second-order valence-electron chi connectivity index (χ2n) is 3.91. The molecule has 0 aromatic rings. The van der Waals surface area contributed by atoms with E-state index < -0.39 is 0 Å². The first kappa shape index (κ1) is 7.40. The average Bonchev–Trinajstić information content (AvgIpc) is 1.97. The summed E-state index contributed by atoms with van der Waals surface area (Å²) in [5.41, 5.74) is 0.390. The summed E-state index contributed by atoms with van der Waals surface area (Å²) in [5.74, 6) is 0.724. The molecular weight excluding hydrogens is 132 g/mol. The van der Waals surface area contributed by atoms with Crippen molar-refractivity contribution in [3.8, 4) is 0 Å². The molecule has 0 amide bonds. The van der Waals surface area contributed by atoms with Gasteiger partial charge in [0.1, 0.15) is 0 Å². The third-order valence-corrected chi connectivity index (χ3v) is 3.51. The van der Waals surface area contributed by atoms with Crippen molar-refractivity contribution in [2.24, 2.45) is 11.3 Å². The van der Waals surface area contributed by atoms with Gasteiger partial charge < -0.3 is 0 Å². The molecule has 0 heterocycles. The second kappa shape index (κ2) is 2.16. The van der Waals surface area contributed by atoms with Crippen molar-refractivity contribution in [1.82, 2.24) is 0 Å². The maximum absolute atomic E-state index is 6.15. The molecule has 0 N–H and O–H groups in total. The van der Waals surface area contributed by atoms with Crippen LogP contribution in [0.2, 0.25) is 0 Å². The van der Waals surface area contributed by atoms with Gasteiger partial charge in [-0.3, -0.25) is 0 Å². The first-order chi connectivity index (χ1) is 4.04. The summed E-state index contributed by atoms with van der Waals surface area (Å²) in [6.07, 6.45) is 2.60. The number of hydrogen-bond acceptors (Lipinski definition) is 0. The van der Waals surface area contributed by atoms with Crippen LogP contribution in [0.25, 0.3) is 0 Å². The maximum atomic E-state index is 6.15. The first-order valence-electron chi connectivity index (χ1n) is 3.68. The van der Waals surface area contributed by atoms with Crippen LogP contribution < -0.4 is 0 Å². The summed E-state index contributed by atoms with van der Waals surface area (Å²) >= 11 is 6.15. The van der Waals surface area contributed by atoms with Crippen molar-refractivity contribution in [2.75, 3.05) is 0 Å². The predicted molar refractivity (Wildman–Crippen MR) is 41.8 cm³/mol. The molecule has 1 fully saturated rings. The smallest absolute Gasteiger partial charge is 0.0412 e. The monoisotopic (exact) mass is 146 g/mol. The topological polar surface area (TPSA) is 0 Å². The van der Waals surface area contributed by atoms with Crippen LogP contribution in [-0.2, 0) is 0 Å². The zero-order chi connectivity index (χ0) is 7.07. The molecule has 1 aliphatic rings. The molecule has 0 bridgehead atoms. The van der Waals surface area contributed by atoms with E-state index in [1.54, 1.807) is 0 Å². The van der Waals surface area contributed by atoms with E-state index in [0.29, 0.717) is 10.8 Å². The Kier molecular flexibility index (Phi) is 1.77. The second-order valence-corrected chi connectivity index (χ2v) is 4.38. The van der Waals surface area contributed by atoms with Gasteiger partial charge in [-0.1, -0.05) is 20.8 Å². The highest BCUT2D eigenvalue weighted by Crippen LogP contribution is 2.44. The first-order valence-corrected chi connectivity index (χ1v) is 4.12. The molecule has 1 rings (SSSR count). The summed E-state index contributed by atoms with van der Waals surface area (Å²) in [6.45, 7) is 6.76. The Morgan fingerprint density at radius 2 is 2.00 bits per heavy atom. The van der Waals surface area contributed by atoms with Crippen LogP contribution in [0, 0.1) is 11.3 Å². The molecule has 54 valence electrons. The van der Waals surface area contributed by atoms with Gasteiger partial charge in [0.25, 0.3) is 0 Å². The normalized spacial score (nSPS) is 41.3. The van der Waals surface area contributed by atoms with Crippen molar-refractivity contribution in [2.45, 2.75) is 39.0 Å². The largest absolute Gasteiger partial charge is 0.122 e. The Bertz CT molecular complexity index is 107. The molecule has 9 heavy (non-hydrogen) atoms. The highest BCUT2D eigenvalue weighted by molar-refractivity contribution is 6.21. The molecule has 0 aromatic heterocycles. The van der Waals surface area contributed by atoms with E-state index in [9.17, 15) is 0 Å². The minimum atomic E-state index is 0.390. The SMILES string of the molecule is C[C@H]1CCC(C)(C)[C@@H]1Cl. The lowest BCUT2D eigenvalue weighted by atomic mass is 9.90. The van der Waals surface area contributed by atoms with Gasteiger partial charge in [0, 0.05) is 5.38 Å². The Labute approximate surface area is 62.6 Å². The summed E-state index contributed by atoms with van der Waals surface area (Å²) in [7, 11) is 0. The van der Waals surface area contributed by atoms with Crippen LogP contribution in [-0.4, -0.2) is 5.38 Å². The predicted octanol–water partition coefficient (Wildman–Crippen LogP) is 3.05. The van der Waals surface area contributed by atoms with Crippen molar-refractivity contribution in [1.29, 1.82) is 0 Å².